The minimum absolute atomic E-state index is 0.00230. The molecule has 1 atom stereocenters. The van der Waals surface area contributed by atoms with Gasteiger partial charge in [-0.05, 0) is 49.2 Å². The average Bonchev–Trinajstić information content (AvgIpc) is 2.62. The number of rotatable bonds is 4. The normalized spacial score (nSPS) is 18.3. The third kappa shape index (κ3) is 4.01. The van der Waals surface area contributed by atoms with Crippen molar-refractivity contribution in [1.82, 2.24) is 4.90 Å². The van der Waals surface area contributed by atoms with Gasteiger partial charge < -0.3 is 4.90 Å². The highest BCUT2D eigenvalue weighted by Crippen LogP contribution is 2.23. The zero-order valence-electron chi connectivity index (χ0n) is 14.0. The summed E-state index contributed by atoms with van der Waals surface area (Å²) in [4.78, 5) is 16.8. The van der Waals surface area contributed by atoms with E-state index in [2.05, 4.69) is 17.0 Å². The van der Waals surface area contributed by atoms with E-state index >= 15 is 0 Å². The lowest BCUT2D eigenvalue weighted by Crippen LogP contribution is -2.43. The molecule has 0 bridgehead atoms. The SMILES string of the molecule is CN(C(=O)[C@H]1CCCN(Cc2ccccc2)C1)c1ccc(F)cc1. The number of nitrogens with zero attached hydrogens (tertiary/aromatic N) is 2. The Kier molecular flexibility index (Phi) is 5.26. The smallest absolute Gasteiger partial charge is 0.231 e. The molecule has 0 radical (unpaired) electrons. The molecule has 1 fully saturated rings. The van der Waals surface area contributed by atoms with Gasteiger partial charge in [0.05, 0.1) is 5.92 Å². The highest BCUT2D eigenvalue weighted by Gasteiger charge is 2.28. The maximum absolute atomic E-state index is 13.1. The Morgan fingerprint density at radius 1 is 1.17 bits per heavy atom. The zero-order valence-corrected chi connectivity index (χ0v) is 14.0. The topological polar surface area (TPSA) is 23.6 Å². The first-order valence-electron chi connectivity index (χ1n) is 8.43. The third-order valence-electron chi connectivity index (χ3n) is 4.65. The molecule has 1 heterocycles. The standard InChI is InChI=1S/C20H23FN2O/c1-22(19-11-9-18(21)10-12-19)20(24)17-8-5-13-23(15-17)14-16-6-3-2-4-7-16/h2-4,6-7,9-12,17H,5,8,13-15H2,1H3/t17-/m0/s1. The number of anilines is 1. The Morgan fingerprint density at radius 3 is 2.58 bits per heavy atom. The number of benzene rings is 2. The van der Waals surface area contributed by atoms with E-state index in [1.807, 2.05) is 18.2 Å². The predicted molar refractivity (Wildman–Crippen MR) is 94.3 cm³/mol. The molecule has 3 nitrogen and oxygen atoms in total. The molecule has 1 aliphatic rings. The van der Waals surface area contributed by atoms with Crippen molar-refractivity contribution >= 4 is 11.6 Å². The number of likely N-dealkylation sites (tertiary alicyclic amines) is 1. The van der Waals surface area contributed by atoms with Crippen molar-refractivity contribution in [3.05, 3.63) is 66.0 Å². The van der Waals surface area contributed by atoms with Gasteiger partial charge >= 0.3 is 0 Å². The molecule has 4 heteroatoms. The van der Waals surface area contributed by atoms with Crippen molar-refractivity contribution in [1.29, 1.82) is 0 Å². The maximum Gasteiger partial charge on any atom is 0.231 e. The van der Waals surface area contributed by atoms with Crippen LogP contribution in [0.3, 0.4) is 0 Å². The van der Waals surface area contributed by atoms with Crippen molar-refractivity contribution in [2.45, 2.75) is 19.4 Å². The molecule has 1 saturated heterocycles. The van der Waals surface area contributed by atoms with Crippen molar-refractivity contribution in [2.24, 2.45) is 5.92 Å². The summed E-state index contributed by atoms with van der Waals surface area (Å²) in [6.45, 7) is 2.68. The Labute approximate surface area is 142 Å². The van der Waals surface area contributed by atoms with Gasteiger partial charge in [0.15, 0.2) is 0 Å². The molecule has 0 spiro atoms. The first kappa shape index (κ1) is 16.7. The number of carbonyl (C=O) groups is 1. The van der Waals surface area contributed by atoms with Crippen LogP contribution in [0.15, 0.2) is 54.6 Å². The summed E-state index contributed by atoms with van der Waals surface area (Å²) in [6.07, 6.45) is 1.94. The fourth-order valence-electron chi connectivity index (χ4n) is 3.31. The van der Waals surface area contributed by atoms with Crippen molar-refractivity contribution in [3.63, 3.8) is 0 Å². The van der Waals surface area contributed by atoms with Gasteiger partial charge in [0, 0.05) is 25.8 Å². The maximum atomic E-state index is 13.1. The van der Waals surface area contributed by atoms with Gasteiger partial charge in [-0.15, -0.1) is 0 Å². The average molecular weight is 326 g/mol. The number of amides is 1. The number of carbonyl (C=O) groups excluding carboxylic acids is 1. The Balaban J connectivity index is 1.63. The molecular weight excluding hydrogens is 303 g/mol. The van der Waals surface area contributed by atoms with Crippen LogP contribution in [0.1, 0.15) is 18.4 Å². The molecule has 2 aromatic carbocycles. The third-order valence-corrected chi connectivity index (χ3v) is 4.65. The second-order valence-electron chi connectivity index (χ2n) is 6.43. The van der Waals surface area contributed by atoms with Crippen LogP contribution < -0.4 is 4.90 Å². The monoisotopic (exact) mass is 326 g/mol. The summed E-state index contributed by atoms with van der Waals surface area (Å²) >= 11 is 0. The van der Waals surface area contributed by atoms with Crippen LogP contribution in [0.5, 0.6) is 0 Å². The molecular formula is C20H23FN2O. The van der Waals surface area contributed by atoms with Crippen LogP contribution in [-0.2, 0) is 11.3 Å². The quantitative estimate of drug-likeness (QED) is 0.855. The van der Waals surface area contributed by atoms with E-state index in [1.165, 1.54) is 17.7 Å². The van der Waals surface area contributed by atoms with Crippen LogP contribution in [0.25, 0.3) is 0 Å². The largest absolute Gasteiger partial charge is 0.315 e. The number of hydrogen-bond donors (Lipinski definition) is 0. The lowest BCUT2D eigenvalue weighted by molar-refractivity contribution is -0.123. The lowest BCUT2D eigenvalue weighted by atomic mass is 9.96. The lowest BCUT2D eigenvalue weighted by Gasteiger charge is -2.34. The summed E-state index contributed by atoms with van der Waals surface area (Å²) in [5.74, 6) is -0.178. The Hall–Kier alpha value is -2.20. The highest BCUT2D eigenvalue weighted by atomic mass is 19.1. The second kappa shape index (κ2) is 7.58. The van der Waals surface area contributed by atoms with Crippen molar-refractivity contribution in [2.75, 3.05) is 25.0 Å². The summed E-state index contributed by atoms with van der Waals surface area (Å²) in [5.41, 5.74) is 2.01. The first-order valence-corrected chi connectivity index (χ1v) is 8.43. The van der Waals surface area contributed by atoms with E-state index < -0.39 is 0 Å². The molecule has 0 aromatic heterocycles. The van der Waals surface area contributed by atoms with Gasteiger partial charge in [0.2, 0.25) is 5.91 Å². The molecule has 0 saturated carbocycles. The van der Waals surface area contributed by atoms with Gasteiger partial charge in [-0.25, -0.2) is 4.39 Å². The second-order valence-corrected chi connectivity index (χ2v) is 6.43. The van der Waals surface area contributed by atoms with Crippen LogP contribution in [-0.4, -0.2) is 30.9 Å². The van der Waals surface area contributed by atoms with Gasteiger partial charge in [-0.2, -0.15) is 0 Å². The summed E-state index contributed by atoms with van der Waals surface area (Å²) in [6, 6.07) is 16.4. The fraction of sp³-hybridized carbons (Fsp3) is 0.350. The van der Waals surface area contributed by atoms with E-state index in [-0.39, 0.29) is 17.6 Å². The summed E-state index contributed by atoms with van der Waals surface area (Å²) in [7, 11) is 1.77. The molecule has 0 N–H and O–H groups in total. The van der Waals surface area contributed by atoms with Crippen molar-refractivity contribution in [3.8, 4) is 0 Å². The molecule has 24 heavy (non-hydrogen) atoms. The van der Waals surface area contributed by atoms with E-state index in [4.69, 9.17) is 0 Å². The minimum Gasteiger partial charge on any atom is -0.315 e. The van der Waals surface area contributed by atoms with Crippen LogP contribution >= 0.6 is 0 Å². The van der Waals surface area contributed by atoms with E-state index in [0.29, 0.717) is 0 Å². The number of hydrogen-bond acceptors (Lipinski definition) is 2. The molecule has 1 aliphatic heterocycles. The van der Waals surface area contributed by atoms with E-state index in [9.17, 15) is 9.18 Å². The molecule has 0 aliphatic carbocycles. The predicted octanol–water partition coefficient (Wildman–Crippen LogP) is 3.70. The van der Waals surface area contributed by atoms with Gasteiger partial charge in [0.25, 0.3) is 0 Å². The van der Waals surface area contributed by atoms with E-state index in [1.54, 1.807) is 24.1 Å². The molecule has 3 rings (SSSR count). The van der Waals surface area contributed by atoms with Gasteiger partial charge in [-0.1, -0.05) is 30.3 Å². The minimum atomic E-state index is -0.286. The van der Waals surface area contributed by atoms with Crippen LogP contribution in [0, 0.1) is 11.7 Å². The van der Waals surface area contributed by atoms with Gasteiger partial charge in [0.1, 0.15) is 5.82 Å². The Bertz CT molecular complexity index is 672. The summed E-state index contributed by atoms with van der Waals surface area (Å²) in [5, 5.41) is 0. The number of piperidine rings is 1. The molecule has 126 valence electrons. The molecule has 2 aromatic rings. The first-order chi connectivity index (χ1) is 11.6. The molecule has 0 unspecified atom stereocenters. The van der Waals surface area contributed by atoms with Crippen LogP contribution in [0.2, 0.25) is 0 Å². The number of halogens is 1. The summed E-state index contributed by atoms with van der Waals surface area (Å²) < 4.78 is 13.1. The zero-order chi connectivity index (χ0) is 16.9. The van der Waals surface area contributed by atoms with Gasteiger partial charge in [-0.3, -0.25) is 9.69 Å². The van der Waals surface area contributed by atoms with Crippen LogP contribution in [0.4, 0.5) is 10.1 Å². The Morgan fingerprint density at radius 2 is 1.88 bits per heavy atom. The fourth-order valence-corrected chi connectivity index (χ4v) is 3.31. The van der Waals surface area contributed by atoms with E-state index in [0.717, 1.165) is 38.2 Å². The molecule has 1 amide bonds. The highest BCUT2D eigenvalue weighted by molar-refractivity contribution is 5.94. The van der Waals surface area contributed by atoms with Crippen molar-refractivity contribution < 1.29 is 9.18 Å².